The maximum Gasteiger partial charge on any atom is 0.330 e. The molecule has 118 valence electrons. The Morgan fingerprint density at radius 2 is 1.90 bits per heavy atom. The number of hydrogen-bond acceptors (Lipinski definition) is 4. The highest BCUT2D eigenvalue weighted by Crippen LogP contribution is 2.26. The van der Waals surface area contributed by atoms with Crippen molar-refractivity contribution in [2.24, 2.45) is 5.92 Å². The lowest BCUT2D eigenvalue weighted by atomic mass is 9.87. The van der Waals surface area contributed by atoms with Crippen molar-refractivity contribution in [3.63, 3.8) is 0 Å². The Hall–Kier alpha value is -1.39. The summed E-state index contributed by atoms with van der Waals surface area (Å²) in [4.78, 5) is 12.3. The molecule has 0 aliphatic carbocycles. The fourth-order valence-corrected chi connectivity index (χ4v) is 2.28. The average Bonchev–Trinajstić information content (AvgIpc) is 2.51. The third-order valence-corrected chi connectivity index (χ3v) is 3.69. The first-order chi connectivity index (χ1) is 10.1. The highest BCUT2D eigenvalue weighted by molar-refractivity contribution is 5.82. The normalized spacial score (nSPS) is 14.0. The van der Waals surface area contributed by atoms with Gasteiger partial charge in [-0.15, -0.1) is 0 Å². The quantitative estimate of drug-likeness (QED) is 0.562. The second kappa shape index (κ2) is 8.80. The van der Waals surface area contributed by atoms with Gasteiger partial charge in [-0.2, -0.15) is 0 Å². The molecule has 0 amide bonds. The van der Waals surface area contributed by atoms with Crippen molar-refractivity contribution in [3.05, 3.63) is 35.9 Å². The molecule has 0 aromatic heterocycles. The molecule has 0 aliphatic rings. The van der Waals surface area contributed by atoms with E-state index in [0.29, 0.717) is 25.6 Å². The first kappa shape index (κ1) is 17.7. The smallest absolute Gasteiger partial charge is 0.330 e. The topological polar surface area (TPSA) is 47.6 Å². The molecular formula is C17H27NO3. The van der Waals surface area contributed by atoms with Crippen LogP contribution in [0.5, 0.6) is 0 Å². The number of hydrogen-bond donors (Lipinski definition) is 1. The minimum atomic E-state index is -0.853. The van der Waals surface area contributed by atoms with Crippen LogP contribution in [-0.2, 0) is 19.8 Å². The molecule has 0 aliphatic heterocycles. The number of carbonyl (C=O) groups is 1. The highest BCUT2D eigenvalue weighted by atomic mass is 16.5. The summed E-state index contributed by atoms with van der Waals surface area (Å²) in [6.07, 6.45) is 1.56. The maximum atomic E-state index is 12.3. The Morgan fingerprint density at radius 3 is 2.43 bits per heavy atom. The second-order valence-corrected chi connectivity index (χ2v) is 5.56. The van der Waals surface area contributed by atoms with E-state index in [-0.39, 0.29) is 5.97 Å². The van der Waals surface area contributed by atoms with Gasteiger partial charge in [0.1, 0.15) is 5.54 Å². The van der Waals surface area contributed by atoms with E-state index in [1.807, 2.05) is 30.3 Å². The van der Waals surface area contributed by atoms with Gasteiger partial charge in [0, 0.05) is 19.6 Å². The Morgan fingerprint density at radius 1 is 1.24 bits per heavy atom. The Bertz CT molecular complexity index is 419. The molecule has 0 saturated heterocycles. The molecule has 4 nitrogen and oxygen atoms in total. The molecule has 0 spiro atoms. The van der Waals surface area contributed by atoms with Crippen LogP contribution in [0.2, 0.25) is 0 Å². The zero-order chi connectivity index (χ0) is 15.7. The molecule has 1 aromatic carbocycles. The zero-order valence-electron chi connectivity index (χ0n) is 13.5. The summed E-state index contributed by atoms with van der Waals surface area (Å²) in [5.74, 6) is 0.331. The van der Waals surface area contributed by atoms with Gasteiger partial charge in [0.15, 0.2) is 0 Å². The Labute approximate surface area is 127 Å². The average molecular weight is 293 g/mol. The van der Waals surface area contributed by atoms with Crippen LogP contribution >= 0.6 is 0 Å². The van der Waals surface area contributed by atoms with Crippen molar-refractivity contribution in [3.8, 4) is 0 Å². The van der Waals surface area contributed by atoms with E-state index in [1.165, 1.54) is 7.11 Å². The predicted octanol–water partition coefficient (Wildman–Crippen LogP) is 2.73. The van der Waals surface area contributed by atoms with Gasteiger partial charge in [0.2, 0.25) is 0 Å². The SMILES string of the molecule is CNC(CCOCCC(C)C)(C(=O)OC)c1ccccc1. The molecule has 1 unspecified atom stereocenters. The molecule has 1 aromatic rings. The van der Waals surface area contributed by atoms with Crippen molar-refractivity contribution in [2.45, 2.75) is 32.2 Å². The van der Waals surface area contributed by atoms with E-state index in [1.54, 1.807) is 7.05 Å². The van der Waals surface area contributed by atoms with Crippen LogP contribution in [0, 0.1) is 5.92 Å². The van der Waals surface area contributed by atoms with Crippen LogP contribution < -0.4 is 5.32 Å². The van der Waals surface area contributed by atoms with E-state index in [2.05, 4.69) is 19.2 Å². The number of rotatable bonds is 9. The van der Waals surface area contributed by atoms with Gasteiger partial charge >= 0.3 is 5.97 Å². The van der Waals surface area contributed by atoms with E-state index < -0.39 is 5.54 Å². The molecule has 1 N–H and O–H groups in total. The number of esters is 1. The van der Waals surface area contributed by atoms with E-state index in [9.17, 15) is 4.79 Å². The molecule has 0 fully saturated rings. The number of methoxy groups -OCH3 is 1. The van der Waals surface area contributed by atoms with Gasteiger partial charge in [-0.3, -0.25) is 0 Å². The van der Waals surface area contributed by atoms with Gasteiger partial charge in [-0.05, 0) is 24.9 Å². The number of ether oxygens (including phenoxy) is 2. The molecule has 0 radical (unpaired) electrons. The first-order valence-electron chi connectivity index (χ1n) is 7.47. The van der Waals surface area contributed by atoms with Crippen LogP contribution in [0.25, 0.3) is 0 Å². The summed E-state index contributed by atoms with van der Waals surface area (Å²) in [5, 5.41) is 3.13. The van der Waals surface area contributed by atoms with Gasteiger partial charge in [0.05, 0.1) is 7.11 Å². The fourth-order valence-electron chi connectivity index (χ4n) is 2.28. The lowest BCUT2D eigenvalue weighted by Crippen LogP contribution is -2.49. The van der Waals surface area contributed by atoms with Gasteiger partial charge in [0.25, 0.3) is 0 Å². The second-order valence-electron chi connectivity index (χ2n) is 5.56. The minimum Gasteiger partial charge on any atom is -0.467 e. The summed E-state index contributed by atoms with van der Waals surface area (Å²) in [5.41, 5.74) is 0.0419. The van der Waals surface area contributed by atoms with E-state index >= 15 is 0 Å². The van der Waals surface area contributed by atoms with E-state index in [4.69, 9.17) is 9.47 Å². The van der Waals surface area contributed by atoms with E-state index in [0.717, 1.165) is 12.0 Å². The van der Waals surface area contributed by atoms with Crippen LogP contribution in [0.4, 0.5) is 0 Å². The highest BCUT2D eigenvalue weighted by Gasteiger charge is 2.39. The first-order valence-corrected chi connectivity index (χ1v) is 7.47. The number of likely N-dealkylation sites (N-methyl/N-ethyl adjacent to an activating group) is 1. The van der Waals surface area contributed by atoms with Crippen molar-refractivity contribution in [1.82, 2.24) is 5.32 Å². The van der Waals surface area contributed by atoms with Crippen molar-refractivity contribution in [2.75, 3.05) is 27.4 Å². The molecule has 0 heterocycles. The molecule has 1 rings (SSSR count). The molecule has 1 atom stereocenters. The summed E-state index contributed by atoms with van der Waals surface area (Å²) in [7, 11) is 3.19. The van der Waals surface area contributed by atoms with Gasteiger partial charge in [-0.25, -0.2) is 4.79 Å². The number of carbonyl (C=O) groups excluding carboxylic acids is 1. The lowest BCUT2D eigenvalue weighted by molar-refractivity contribution is -0.150. The van der Waals surface area contributed by atoms with Crippen LogP contribution in [0.1, 0.15) is 32.3 Å². The Kier molecular flexibility index (Phi) is 7.40. The van der Waals surface area contributed by atoms with Crippen molar-refractivity contribution in [1.29, 1.82) is 0 Å². The summed E-state index contributed by atoms with van der Waals surface area (Å²) >= 11 is 0. The molecule has 0 saturated carbocycles. The lowest BCUT2D eigenvalue weighted by Gasteiger charge is -2.31. The zero-order valence-corrected chi connectivity index (χ0v) is 13.5. The third-order valence-electron chi connectivity index (χ3n) is 3.69. The van der Waals surface area contributed by atoms with Crippen LogP contribution in [0.15, 0.2) is 30.3 Å². The molecular weight excluding hydrogens is 266 g/mol. The fraction of sp³-hybridized carbons (Fsp3) is 0.588. The van der Waals surface area contributed by atoms with Crippen LogP contribution in [-0.4, -0.2) is 33.3 Å². The number of benzene rings is 1. The largest absolute Gasteiger partial charge is 0.467 e. The molecule has 4 heteroatoms. The summed E-state index contributed by atoms with van der Waals surface area (Å²) < 4.78 is 10.7. The minimum absolute atomic E-state index is 0.288. The standard InChI is InChI=1S/C17H27NO3/c1-14(2)10-12-21-13-11-17(18-3,16(19)20-4)15-8-6-5-7-9-15/h5-9,14,18H,10-13H2,1-4H3. The Balaban J connectivity index is 2.76. The maximum absolute atomic E-state index is 12.3. The van der Waals surface area contributed by atoms with Gasteiger partial charge < -0.3 is 14.8 Å². The molecule has 0 bridgehead atoms. The van der Waals surface area contributed by atoms with Crippen molar-refractivity contribution >= 4 is 5.97 Å². The summed E-state index contributed by atoms with van der Waals surface area (Å²) in [6, 6.07) is 9.64. The molecule has 21 heavy (non-hydrogen) atoms. The predicted molar refractivity (Wildman–Crippen MR) is 84.1 cm³/mol. The third kappa shape index (κ3) is 4.83. The van der Waals surface area contributed by atoms with Gasteiger partial charge in [-0.1, -0.05) is 44.2 Å². The number of nitrogens with one attached hydrogen (secondary N) is 1. The van der Waals surface area contributed by atoms with Crippen molar-refractivity contribution < 1.29 is 14.3 Å². The van der Waals surface area contributed by atoms with Crippen LogP contribution in [0.3, 0.4) is 0 Å². The summed E-state index contributed by atoms with van der Waals surface area (Å²) in [6.45, 7) is 5.56. The monoisotopic (exact) mass is 293 g/mol.